The zero-order valence-electron chi connectivity index (χ0n) is 14.2. The number of carbonyl (C=O) groups excluding carboxylic acids is 1. The molecule has 0 aliphatic rings. The van der Waals surface area contributed by atoms with Gasteiger partial charge in [0.2, 0.25) is 5.95 Å². The number of aromatic nitrogens is 4. The molecule has 8 heteroatoms. The molecule has 25 heavy (non-hydrogen) atoms. The van der Waals surface area contributed by atoms with E-state index in [9.17, 15) is 4.79 Å². The van der Waals surface area contributed by atoms with Crippen LogP contribution in [-0.2, 0) is 11.3 Å². The number of carbonyl (C=O) groups is 1. The highest BCUT2D eigenvalue weighted by Crippen LogP contribution is 2.22. The van der Waals surface area contributed by atoms with Crippen LogP contribution in [0.1, 0.15) is 29.5 Å². The number of amides is 1. The maximum absolute atomic E-state index is 12.6. The van der Waals surface area contributed by atoms with Gasteiger partial charge in [0.05, 0.1) is 15.5 Å². The second-order valence-electron chi connectivity index (χ2n) is 5.59. The molecule has 0 aliphatic carbocycles. The third-order valence-corrected chi connectivity index (χ3v) is 4.81. The molecule has 0 atom stereocenters. The number of hydrogen-bond acceptors (Lipinski definition) is 4. The molecule has 7 nitrogen and oxygen atoms in total. The Morgan fingerprint density at radius 2 is 2.20 bits per heavy atom. The van der Waals surface area contributed by atoms with Gasteiger partial charge < -0.3 is 9.30 Å². The Kier molecular flexibility index (Phi) is 5.50. The third kappa shape index (κ3) is 3.74. The number of para-hydroxylation sites is 2. The van der Waals surface area contributed by atoms with Gasteiger partial charge in [-0.1, -0.05) is 12.1 Å². The molecule has 2 heterocycles. The molecule has 1 aromatic carbocycles. The van der Waals surface area contributed by atoms with Gasteiger partial charge in [0.25, 0.3) is 5.91 Å². The highest BCUT2D eigenvalue weighted by molar-refractivity contribution is 9.10. The Labute approximate surface area is 153 Å². The maximum Gasteiger partial charge on any atom is 0.279 e. The first-order valence-electron chi connectivity index (χ1n) is 8.16. The number of aromatic amines is 1. The number of fused-ring (bicyclic) bond motifs is 1. The van der Waals surface area contributed by atoms with E-state index in [2.05, 4.69) is 36.4 Å². The summed E-state index contributed by atoms with van der Waals surface area (Å²) in [5.74, 6) is 0.202. The lowest BCUT2D eigenvalue weighted by atomic mass is 10.3. The number of rotatable bonds is 7. The molecule has 2 N–H and O–H groups in total. The van der Waals surface area contributed by atoms with E-state index < -0.39 is 0 Å². The summed E-state index contributed by atoms with van der Waals surface area (Å²) in [6.45, 7) is 5.89. The van der Waals surface area contributed by atoms with Crippen LogP contribution in [0.15, 0.2) is 28.7 Å². The van der Waals surface area contributed by atoms with E-state index in [1.54, 1.807) is 0 Å². The van der Waals surface area contributed by atoms with Crippen molar-refractivity contribution < 1.29 is 9.53 Å². The number of nitrogens with zero attached hydrogens (tertiary/aromatic N) is 3. The van der Waals surface area contributed by atoms with E-state index in [1.807, 2.05) is 42.7 Å². The average Bonchev–Trinajstić information content (AvgIpc) is 3.12. The molecular formula is C17H20BrN5O2. The van der Waals surface area contributed by atoms with Gasteiger partial charge in [-0.15, -0.1) is 0 Å². The standard InChI is InChI=1S/C17H20BrN5O2/c1-3-25-10-6-9-23-13-8-5-4-7-12(13)19-17(23)20-16(24)15-14(18)11(2)21-22-15/h4-5,7-8H,3,6,9-10H2,1-2H3,(H,21,22)(H,19,20,24). The Balaban J connectivity index is 1.86. The van der Waals surface area contributed by atoms with E-state index in [4.69, 9.17) is 4.74 Å². The van der Waals surface area contributed by atoms with Crippen molar-refractivity contribution in [3.8, 4) is 0 Å². The molecule has 0 unspecified atom stereocenters. The van der Waals surface area contributed by atoms with Crippen molar-refractivity contribution >= 4 is 38.8 Å². The molecule has 0 radical (unpaired) electrons. The van der Waals surface area contributed by atoms with Crippen LogP contribution in [0.5, 0.6) is 0 Å². The van der Waals surface area contributed by atoms with E-state index in [0.717, 1.165) is 23.1 Å². The predicted molar refractivity (Wildman–Crippen MR) is 99.8 cm³/mol. The van der Waals surface area contributed by atoms with Gasteiger partial charge in [-0.25, -0.2) is 4.98 Å². The summed E-state index contributed by atoms with van der Waals surface area (Å²) in [4.78, 5) is 17.1. The van der Waals surface area contributed by atoms with Crippen molar-refractivity contribution in [1.82, 2.24) is 19.7 Å². The summed E-state index contributed by atoms with van der Waals surface area (Å²) in [5, 5.41) is 9.70. The van der Waals surface area contributed by atoms with Crippen LogP contribution in [0.25, 0.3) is 11.0 Å². The third-order valence-electron chi connectivity index (χ3n) is 3.84. The summed E-state index contributed by atoms with van der Waals surface area (Å²) >= 11 is 3.38. The van der Waals surface area contributed by atoms with E-state index in [-0.39, 0.29) is 5.91 Å². The van der Waals surface area contributed by atoms with Gasteiger partial charge in [-0.05, 0) is 48.3 Å². The Morgan fingerprint density at radius 3 is 2.92 bits per heavy atom. The molecule has 0 saturated heterocycles. The van der Waals surface area contributed by atoms with Crippen LogP contribution >= 0.6 is 15.9 Å². The average molecular weight is 406 g/mol. The second kappa shape index (κ2) is 7.79. The van der Waals surface area contributed by atoms with Crippen molar-refractivity contribution in [2.24, 2.45) is 0 Å². The number of aryl methyl sites for hydroxylation is 2. The van der Waals surface area contributed by atoms with Crippen molar-refractivity contribution in [3.63, 3.8) is 0 Å². The summed E-state index contributed by atoms with van der Waals surface area (Å²) in [5.41, 5.74) is 2.93. The minimum Gasteiger partial charge on any atom is -0.382 e. The number of imidazole rings is 1. The fourth-order valence-electron chi connectivity index (χ4n) is 2.59. The van der Waals surface area contributed by atoms with Crippen LogP contribution in [0.3, 0.4) is 0 Å². The molecule has 3 rings (SSSR count). The summed E-state index contributed by atoms with van der Waals surface area (Å²) in [6.07, 6.45) is 0.836. The molecule has 0 fully saturated rings. The van der Waals surface area contributed by atoms with E-state index in [0.29, 0.717) is 35.9 Å². The Hall–Kier alpha value is -2.19. The first kappa shape index (κ1) is 17.6. The largest absolute Gasteiger partial charge is 0.382 e. The lowest BCUT2D eigenvalue weighted by Gasteiger charge is -2.09. The fourth-order valence-corrected chi connectivity index (χ4v) is 2.95. The lowest BCUT2D eigenvalue weighted by Crippen LogP contribution is -2.17. The maximum atomic E-state index is 12.6. The normalized spacial score (nSPS) is 11.2. The minimum atomic E-state index is -0.308. The molecule has 0 bridgehead atoms. The van der Waals surface area contributed by atoms with Crippen LogP contribution in [0, 0.1) is 6.92 Å². The monoisotopic (exact) mass is 405 g/mol. The number of nitrogens with one attached hydrogen (secondary N) is 2. The Morgan fingerprint density at radius 1 is 1.40 bits per heavy atom. The smallest absolute Gasteiger partial charge is 0.279 e. The summed E-state index contributed by atoms with van der Waals surface area (Å²) in [7, 11) is 0. The van der Waals surface area contributed by atoms with Gasteiger partial charge in [0.1, 0.15) is 0 Å². The van der Waals surface area contributed by atoms with Gasteiger partial charge in [0.15, 0.2) is 5.69 Å². The molecule has 1 amide bonds. The van der Waals surface area contributed by atoms with Crippen LogP contribution in [0.2, 0.25) is 0 Å². The highest BCUT2D eigenvalue weighted by Gasteiger charge is 2.19. The van der Waals surface area contributed by atoms with Crippen LogP contribution in [0.4, 0.5) is 5.95 Å². The highest BCUT2D eigenvalue weighted by atomic mass is 79.9. The zero-order valence-corrected chi connectivity index (χ0v) is 15.8. The topological polar surface area (TPSA) is 84.8 Å². The molecule has 132 valence electrons. The molecule has 3 aromatic rings. The lowest BCUT2D eigenvalue weighted by molar-refractivity contribution is 0.102. The SMILES string of the molecule is CCOCCCn1c(NC(=O)c2n[nH]c(C)c2Br)nc2ccccc21. The second-order valence-corrected chi connectivity index (χ2v) is 6.38. The number of anilines is 1. The number of halogens is 1. The molecule has 0 aliphatic heterocycles. The van der Waals surface area contributed by atoms with Gasteiger partial charge in [-0.3, -0.25) is 15.2 Å². The number of benzene rings is 1. The first-order chi connectivity index (χ1) is 12.1. The minimum absolute atomic E-state index is 0.308. The van der Waals surface area contributed by atoms with Crippen molar-refractivity contribution in [2.75, 3.05) is 18.5 Å². The van der Waals surface area contributed by atoms with Crippen molar-refractivity contribution in [1.29, 1.82) is 0 Å². The molecule has 0 spiro atoms. The first-order valence-corrected chi connectivity index (χ1v) is 8.96. The molecular weight excluding hydrogens is 386 g/mol. The van der Waals surface area contributed by atoms with Crippen molar-refractivity contribution in [3.05, 3.63) is 40.1 Å². The number of H-pyrrole nitrogens is 1. The van der Waals surface area contributed by atoms with Gasteiger partial charge in [-0.2, -0.15) is 5.10 Å². The zero-order chi connectivity index (χ0) is 17.8. The van der Waals surface area contributed by atoms with Crippen molar-refractivity contribution in [2.45, 2.75) is 26.8 Å². The molecule has 0 saturated carbocycles. The predicted octanol–water partition coefficient (Wildman–Crippen LogP) is 3.51. The molecule has 2 aromatic heterocycles. The van der Waals surface area contributed by atoms with Crippen LogP contribution in [-0.4, -0.2) is 38.9 Å². The number of ether oxygens (including phenoxy) is 1. The fraction of sp³-hybridized carbons (Fsp3) is 0.353. The van der Waals surface area contributed by atoms with Crippen LogP contribution < -0.4 is 5.32 Å². The summed E-state index contributed by atoms with van der Waals surface area (Å²) < 4.78 is 8.07. The van der Waals surface area contributed by atoms with Gasteiger partial charge in [0, 0.05) is 25.5 Å². The van der Waals surface area contributed by atoms with Gasteiger partial charge >= 0.3 is 0 Å². The summed E-state index contributed by atoms with van der Waals surface area (Å²) in [6, 6.07) is 7.81. The van der Waals surface area contributed by atoms with E-state index >= 15 is 0 Å². The quantitative estimate of drug-likeness (QED) is 0.588. The van der Waals surface area contributed by atoms with E-state index in [1.165, 1.54) is 0 Å². The number of hydrogen-bond donors (Lipinski definition) is 2. The Bertz CT molecular complexity index is 886.